The van der Waals surface area contributed by atoms with Gasteiger partial charge >= 0.3 is 0 Å². The van der Waals surface area contributed by atoms with Crippen molar-refractivity contribution in [2.45, 2.75) is 36.1 Å². The zero-order valence-corrected chi connectivity index (χ0v) is 13.2. The lowest BCUT2D eigenvalue weighted by Crippen LogP contribution is -2.16. The van der Waals surface area contributed by atoms with Crippen molar-refractivity contribution < 1.29 is 4.39 Å². The predicted octanol–water partition coefficient (Wildman–Crippen LogP) is 5.02. The predicted molar refractivity (Wildman–Crippen MR) is 87.3 cm³/mol. The number of rotatable bonds is 6. The fourth-order valence-corrected chi connectivity index (χ4v) is 3.51. The van der Waals surface area contributed by atoms with Crippen LogP contribution in [0.3, 0.4) is 0 Å². The Morgan fingerprint density at radius 3 is 2.71 bits per heavy atom. The molecule has 0 bridgehead atoms. The van der Waals surface area contributed by atoms with Crippen molar-refractivity contribution in [3.63, 3.8) is 0 Å². The number of hydrogen-bond donors (Lipinski definition) is 1. The molecule has 110 valence electrons. The van der Waals surface area contributed by atoms with E-state index in [4.69, 9.17) is 11.6 Å². The maximum Gasteiger partial charge on any atom is 0.128 e. The van der Waals surface area contributed by atoms with E-state index in [0.717, 1.165) is 26.8 Å². The van der Waals surface area contributed by atoms with Crippen molar-refractivity contribution in [3.8, 4) is 0 Å². The van der Waals surface area contributed by atoms with E-state index in [2.05, 4.69) is 5.32 Å². The maximum atomic E-state index is 14.0. The molecular weight excluding hydrogens is 305 g/mol. The molecule has 0 aliphatic heterocycles. The van der Waals surface area contributed by atoms with E-state index in [9.17, 15) is 4.39 Å². The molecule has 1 aliphatic rings. The van der Waals surface area contributed by atoms with Crippen LogP contribution in [0.2, 0.25) is 5.02 Å². The first-order chi connectivity index (χ1) is 10.2. The molecule has 0 saturated heterocycles. The van der Waals surface area contributed by atoms with Crippen molar-refractivity contribution in [2.75, 3.05) is 0 Å². The van der Waals surface area contributed by atoms with E-state index in [1.54, 1.807) is 17.8 Å². The highest BCUT2D eigenvalue weighted by Gasteiger charge is 2.21. The molecule has 0 radical (unpaired) electrons. The lowest BCUT2D eigenvalue weighted by molar-refractivity contribution is 0.579. The highest BCUT2D eigenvalue weighted by Crippen LogP contribution is 2.31. The average molecular weight is 322 g/mol. The van der Waals surface area contributed by atoms with Gasteiger partial charge in [-0.15, -0.1) is 11.8 Å². The van der Waals surface area contributed by atoms with E-state index < -0.39 is 0 Å². The van der Waals surface area contributed by atoms with Crippen LogP contribution in [0.15, 0.2) is 47.4 Å². The fraction of sp³-hybridized carbons (Fsp3) is 0.294. The molecular formula is C17H17ClFNS. The molecule has 3 rings (SSSR count). The number of hydrogen-bond acceptors (Lipinski definition) is 2. The summed E-state index contributed by atoms with van der Waals surface area (Å²) >= 11 is 7.81. The fourth-order valence-electron chi connectivity index (χ4n) is 2.15. The molecule has 0 unspecified atom stereocenters. The molecule has 0 spiro atoms. The summed E-state index contributed by atoms with van der Waals surface area (Å²) < 4.78 is 14.0. The Kier molecular flexibility index (Phi) is 4.84. The van der Waals surface area contributed by atoms with Crippen LogP contribution >= 0.6 is 23.4 Å². The molecule has 1 fully saturated rings. The van der Waals surface area contributed by atoms with Gasteiger partial charge in [0.25, 0.3) is 0 Å². The molecule has 2 aromatic carbocycles. The van der Waals surface area contributed by atoms with Crippen LogP contribution in [0.25, 0.3) is 0 Å². The summed E-state index contributed by atoms with van der Waals surface area (Å²) in [6.07, 6.45) is 2.41. The molecule has 1 N–H and O–H groups in total. The van der Waals surface area contributed by atoms with Gasteiger partial charge in [-0.05, 0) is 36.6 Å². The van der Waals surface area contributed by atoms with Gasteiger partial charge in [-0.25, -0.2) is 4.39 Å². The van der Waals surface area contributed by atoms with Crippen molar-refractivity contribution >= 4 is 23.4 Å². The van der Waals surface area contributed by atoms with Crippen molar-refractivity contribution in [1.29, 1.82) is 0 Å². The van der Waals surface area contributed by atoms with Gasteiger partial charge in [-0.1, -0.05) is 35.9 Å². The second-order valence-electron chi connectivity index (χ2n) is 5.25. The Morgan fingerprint density at radius 2 is 1.95 bits per heavy atom. The van der Waals surface area contributed by atoms with Crippen LogP contribution in [0, 0.1) is 5.82 Å². The summed E-state index contributed by atoms with van der Waals surface area (Å²) in [4.78, 5) is 0.989. The minimum atomic E-state index is -0.132. The second-order valence-corrected chi connectivity index (χ2v) is 6.68. The van der Waals surface area contributed by atoms with E-state index in [-0.39, 0.29) is 5.82 Å². The lowest BCUT2D eigenvalue weighted by Gasteiger charge is -2.11. The maximum absolute atomic E-state index is 14.0. The summed E-state index contributed by atoms with van der Waals surface area (Å²) in [5, 5.41) is 4.15. The van der Waals surface area contributed by atoms with Crippen LogP contribution < -0.4 is 5.32 Å². The van der Waals surface area contributed by atoms with E-state index >= 15 is 0 Å². The highest BCUT2D eigenvalue weighted by molar-refractivity contribution is 7.98. The first-order valence-electron chi connectivity index (χ1n) is 7.11. The molecule has 0 amide bonds. The average Bonchev–Trinajstić information content (AvgIpc) is 3.30. The van der Waals surface area contributed by atoms with E-state index in [1.807, 2.05) is 30.3 Å². The van der Waals surface area contributed by atoms with Gasteiger partial charge in [0, 0.05) is 33.8 Å². The number of benzene rings is 2. The van der Waals surface area contributed by atoms with Gasteiger partial charge in [0.2, 0.25) is 0 Å². The zero-order valence-electron chi connectivity index (χ0n) is 11.6. The SMILES string of the molecule is Fc1cccc(SCc2ccccc2Cl)c1CNC1CC1. The number of nitrogens with one attached hydrogen (secondary N) is 1. The van der Waals surface area contributed by atoms with Gasteiger partial charge in [-0.3, -0.25) is 0 Å². The summed E-state index contributed by atoms with van der Waals surface area (Å²) in [6.45, 7) is 0.599. The third kappa shape index (κ3) is 4.00. The summed E-state index contributed by atoms with van der Waals surface area (Å²) in [5.41, 5.74) is 1.84. The third-order valence-corrected chi connectivity index (χ3v) is 5.08. The molecule has 1 nitrogen and oxygen atoms in total. The minimum absolute atomic E-state index is 0.132. The summed E-state index contributed by atoms with van der Waals surface area (Å²) in [5.74, 6) is 0.617. The smallest absolute Gasteiger partial charge is 0.128 e. The Morgan fingerprint density at radius 1 is 1.14 bits per heavy atom. The third-order valence-electron chi connectivity index (χ3n) is 3.56. The molecule has 1 aliphatic carbocycles. The normalized spacial score (nSPS) is 14.4. The molecule has 1 saturated carbocycles. The Balaban J connectivity index is 1.71. The topological polar surface area (TPSA) is 12.0 Å². The quantitative estimate of drug-likeness (QED) is 0.749. The Hall–Kier alpha value is -1.03. The first-order valence-corrected chi connectivity index (χ1v) is 8.47. The van der Waals surface area contributed by atoms with Crippen molar-refractivity contribution in [2.24, 2.45) is 0 Å². The first kappa shape index (κ1) is 14.9. The molecule has 2 aromatic rings. The standard InChI is InChI=1S/C17H17ClFNS/c18-15-5-2-1-4-12(15)11-21-17-7-3-6-16(19)14(17)10-20-13-8-9-13/h1-7,13,20H,8-11H2. The van der Waals surface area contributed by atoms with Gasteiger partial charge in [0.15, 0.2) is 0 Å². The van der Waals surface area contributed by atoms with Crippen LogP contribution in [-0.2, 0) is 12.3 Å². The summed E-state index contributed by atoms with van der Waals surface area (Å²) in [7, 11) is 0. The van der Waals surface area contributed by atoms with Gasteiger partial charge < -0.3 is 5.32 Å². The van der Waals surface area contributed by atoms with Crippen LogP contribution in [0.1, 0.15) is 24.0 Å². The Labute approximate surface area is 133 Å². The monoisotopic (exact) mass is 321 g/mol. The van der Waals surface area contributed by atoms with Crippen molar-refractivity contribution in [1.82, 2.24) is 5.32 Å². The zero-order chi connectivity index (χ0) is 14.7. The Bertz CT molecular complexity index is 628. The van der Waals surface area contributed by atoms with Crippen LogP contribution in [0.4, 0.5) is 4.39 Å². The van der Waals surface area contributed by atoms with Crippen LogP contribution in [0.5, 0.6) is 0 Å². The molecule has 0 heterocycles. The molecule has 0 aromatic heterocycles. The summed E-state index contributed by atoms with van der Waals surface area (Å²) in [6, 6.07) is 13.6. The molecule has 4 heteroatoms. The van der Waals surface area contributed by atoms with Gasteiger partial charge in [0.1, 0.15) is 5.82 Å². The number of thioether (sulfide) groups is 1. The molecule has 21 heavy (non-hydrogen) atoms. The van der Waals surface area contributed by atoms with Gasteiger partial charge in [-0.2, -0.15) is 0 Å². The van der Waals surface area contributed by atoms with Crippen LogP contribution in [-0.4, -0.2) is 6.04 Å². The highest BCUT2D eigenvalue weighted by atomic mass is 35.5. The van der Waals surface area contributed by atoms with Gasteiger partial charge in [0.05, 0.1) is 0 Å². The largest absolute Gasteiger partial charge is 0.310 e. The lowest BCUT2D eigenvalue weighted by atomic mass is 10.2. The van der Waals surface area contributed by atoms with Crippen molar-refractivity contribution in [3.05, 3.63) is 64.4 Å². The molecule has 0 atom stereocenters. The second kappa shape index (κ2) is 6.82. The van der Waals surface area contributed by atoms with E-state index in [0.29, 0.717) is 12.6 Å². The van der Waals surface area contributed by atoms with E-state index in [1.165, 1.54) is 18.9 Å². The minimum Gasteiger partial charge on any atom is -0.310 e. The number of halogens is 2.